The zero-order chi connectivity index (χ0) is 42.5. The summed E-state index contributed by atoms with van der Waals surface area (Å²) in [5.41, 5.74) is 3.14. The fourth-order valence-corrected chi connectivity index (χ4v) is 5.75. The van der Waals surface area contributed by atoms with E-state index in [0.29, 0.717) is 22.3 Å². The van der Waals surface area contributed by atoms with Gasteiger partial charge in [0.2, 0.25) is 0 Å². The van der Waals surface area contributed by atoms with Gasteiger partial charge in [-0.2, -0.15) is 13.2 Å². The van der Waals surface area contributed by atoms with Crippen molar-refractivity contribution in [3.8, 4) is 0 Å². The predicted octanol–water partition coefficient (Wildman–Crippen LogP) is 12.0. The number of nitrogens with zero attached hydrogens (tertiary/aromatic N) is 2. The lowest BCUT2D eigenvalue weighted by Crippen LogP contribution is -2.29. The van der Waals surface area contributed by atoms with Gasteiger partial charge in [-0.15, -0.1) is 10.2 Å². The molecule has 0 N–H and O–H groups in total. The van der Waals surface area contributed by atoms with E-state index in [0.717, 1.165) is 36.1 Å². The van der Waals surface area contributed by atoms with Crippen molar-refractivity contribution in [3.63, 3.8) is 0 Å². The van der Waals surface area contributed by atoms with Crippen LogP contribution in [0.1, 0.15) is 81.1 Å². The molecule has 0 radical (unpaired) electrons. The van der Waals surface area contributed by atoms with E-state index in [1.54, 1.807) is 48.5 Å². The standard InChI is InChI=1S/C15H10O2.C14H12O.C9H7F3N2.C8H6F4/c1-9-6-7-12-13(8-9)15(17)11-5-3-2-4-10(11)14(12)16;1-11-7-9-13(10-8-11)14(15)12-5-3-2-4-6-12;1-6-2-4-7(5-3-6)8(13-14-8)9(10,11)12;1-3-5(9)7(11)4(2)8(12)6(3)10/h2-8H,1H3;2-10H,1H3;2-5H,1H3;1-2H3. The summed E-state index contributed by atoms with van der Waals surface area (Å²) in [6.07, 6.45) is -4.43. The number of hydrogen-bond acceptors (Lipinski definition) is 5. The summed E-state index contributed by atoms with van der Waals surface area (Å²) < 4.78 is 88.1. The van der Waals surface area contributed by atoms with Crippen LogP contribution in [0.25, 0.3) is 0 Å². The summed E-state index contributed by atoms with van der Waals surface area (Å²) in [5, 5.41) is 6.21. The van der Waals surface area contributed by atoms with Gasteiger partial charge in [-0.05, 0) is 40.7 Å². The molecule has 1 heterocycles. The summed E-state index contributed by atoms with van der Waals surface area (Å²) >= 11 is 0. The normalized spacial score (nSPS) is 13.0. The quantitative estimate of drug-likeness (QED) is 0.102. The number of aryl methyl sites for hydroxylation is 3. The largest absolute Gasteiger partial charge is 0.442 e. The Kier molecular flexibility index (Phi) is 12.7. The smallest absolute Gasteiger partial charge is 0.289 e. The second-order valence-corrected chi connectivity index (χ2v) is 13.6. The fourth-order valence-electron chi connectivity index (χ4n) is 5.75. The van der Waals surface area contributed by atoms with Crippen molar-refractivity contribution in [2.45, 2.75) is 46.5 Å². The van der Waals surface area contributed by atoms with Crippen molar-refractivity contribution in [1.29, 1.82) is 0 Å². The number of ketones is 3. The van der Waals surface area contributed by atoms with E-state index < -0.39 is 46.2 Å². The fraction of sp³-hybridized carbons (Fsp3) is 0.152. The van der Waals surface area contributed by atoms with Crippen LogP contribution >= 0.6 is 0 Å². The van der Waals surface area contributed by atoms with Gasteiger partial charge in [0.15, 0.2) is 40.6 Å². The highest BCUT2D eigenvalue weighted by molar-refractivity contribution is 6.28. The number of benzene rings is 6. The Morgan fingerprint density at radius 3 is 1.31 bits per heavy atom. The van der Waals surface area contributed by atoms with Crippen molar-refractivity contribution >= 4 is 17.3 Å². The first-order valence-electron chi connectivity index (χ1n) is 17.7. The molecule has 2 aliphatic rings. The van der Waals surface area contributed by atoms with E-state index in [9.17, 15) is 45.1 Å². The second kappa shape index (κ2) is 17.3. The first-order chi connectivity index (χ1) is 27.4. The molecule has 0 saturated heterocycles. The van der Waals surface area contributed by atoms with Gasteiger partial charge < -0.3 is 0 Å². The molecule has 0 unspecified atom stereocenters. The van der Waals surface area contributed by atoms with Crippen molar-refractivity contribution in [2.75, 3.05) is 0 Å². The van der Waals surface area contributed by atoms with Crippen LogP contribution in [0, 0.1) is 57.9 Å². The number of rotatable bonds is 3. The molecule has 1 aliphatic carbocycles. The maximum atomic E-state index is 12.7. The Bertz CT molecular complexity index is 2420. The lowest BCUT2D eigenvalue weighted by molar-refractivity contribution is -0.166. The number of alkyl halides is 3. The highest BCUT2D eigenvalue weighted by atomic mass is 19.4. The maximum Gasteiger partial charge on any atom is 0.442 e. The molecule has 58 heavy (non-hydrogen) atoms. The zero-order valence-corrected chi connectivity index (χ0v) is 31.8. The first kappa shape index (κ1) is 42.6. The molecule has 5 nitrogen and oxygen atoms in total. The number of carbonyl (C=O) groups excluding carboxylic acids is 3. The molecule has 296 valence electrons. The molecule has 12 heteroatoms. The van der Waals surface area contributed by atoms with Crippen LogP contribution < -0.4 is 0 Å². The molecular formula is C46H35F7N2O3. The second-order valence-electron chi connectivity index (χ2n) is 13.6. The van der Waals surface area contributed by atoms with Gasteiger partial charge in [0, 0.05) is 50.1 Å². The maximum absolute atomic E-state index is 12.7. The highest BCUT2D eigenvalue weighted by Gasteiger charge is 2.65. The SMILES string of the molecule is Cc1c(F)c(F)c(C)c(F)c1F.Cc1ccc(C(=O)c2ccccc2)cc1.Cc1ccc(C2(C(F)(F)F)N=N2)cc1.Cc1ccc2c(c1)C(=O)c1ccccc1C2=O. The van der Waals surface area contributed by atoms with Crippen LogP contribution in [-0.2, 0) is 5.66 Å². The zero-order valence-electron chi connectivity index (χ0n) is 31.8. The Balaban J connectivity index is 0.000000149. The summed E-state index contributed by atoms with van der Waals surface area (Å²) in [6, 6.07) is 35.4. The number of hydrogen-bond donors (Lipinski definition) is 0. The van der Waals surface area contributed by atoms with Crippen LogP contribution in [-0.4, -0.2) is 23.5 Å². The van der Waals surface area contributed by atoms with E-state index in [2.05, 4.69) is 10.2 Å². The van der Waals surface area contributed by atoms with Crippen molar-refractivity contribution < 1.29 is 45.1 Å². The molecule has 0 aromatic heterocycles. The van der Waals surface area contributed by atoms with Gasteiger partial charge in [-0.1, -0.05) is 132 Å². The van der Waals surface area contributed by atoms with E-state index in [4.69, 9.17) is 0 Å². The van der Waals surface area contributed by atoms with Crippen molar-refractivity contribution in [1.82, 2.24) is 0 Å². The van der Waals surface area contributed by atoms with Crippen LogP contribution in [0.2, 0.25) is 0 Å². The van der Waals surface area contributed by atoms with Crippen molar-refractivity contribution in [2.24, 2.45) is 10.2 Å². The molecular weight excluding hydrogens is 762 g/mol. The molecule has 6 aromatic rings. The van der Waals surface area contributed by atoms with Crippen molar-refractivity contribution in [3.05, 3.63) is 211 Å². The summed E-state index contributed by atoms with van der Waals surface area (Å²) in [6.45, 7) is 7.70. The minimum atomic E-state index is -4.43. The Hall–Kier alpha value is -6.56. The molecule has 0 fully saturated rings. The van der Waals surface area contributed by atoms with E-state index in [1.807, 2.05) is 81.4 Å². The molecule has 0 spiro atoms. The third-order valence-corrected chi connectivity index (χ3v) is 9.28. The lowest BCUT2D eigenvalue weighted by Gasteiger charge is -2.17. The van der Waals surface area contributed by atoms with E-state index in [1.165, 1.54) is 17.7 Å². The Morgan fingerprint density at radius 2 is 0.862 bits per heavy atom. The summed E-state index contributed by atoms with van der Waals surface area (Å²) in [7, 11) is 0. The average molecular weight is 797 g/mol. The van der Waals surface area contributed by atoms with Crippen LogP contribution in [0.5, 0.6) is 0 Å². The van der Waals surface area contributed by atoms with E-state index >= 15 is 0 Å². The minimum Gasteiger partial charge on any atom is -0.289 e. The van der Waals surface area contributed by atoms with E-state index in [-0.39, 0.29) is 22.9 Å². The predicted molar refractivity (Wildman–Crippen MR) is 205 cm³/mol. The first-order valence-corrected chi connectivity index (χ1v) is 17.7. The molecule has 6 aromatic carbocycles. The monoisotopic (exact) mass is 796 g/mol. The lowest BCUT2D eigenvalue weighted by atomic mass is 9.83. The average Bonchev–Trinajstić information content (AvgIpc) is 4.05. The van der Waals surface area contributed by atoms with Crippen LogP contribution in [0.3, 0.4) is 0 Å². The topological polar surface area (TPSA) is 75.9 Å². The molecule has 0 atom stereocenters. The Morgan fingerprint density at radius 1 is 0.483 bits per heavy atom. The third kappa shape index (κ3) is 9.01. The Labute approximate surface area is 329 Å². The third-order valence-electron chi connectivity index (χ3n) is 9.28. The minimum absolute atomic E-state index is 0.0566. The number of halogens is 7. The van der Waals surface area contributed by atoms with Crippen LogP contribution in [0.15, 0.2) is 132 Å². The molecule has 0 saturated carbocycles. The number of carbonyl (C=O) groups is 3. The van der Waals surface area contributed by atoms with Gasteiger partial charge in [-0.25, -0.2) is 17.6 Å². The molecule has 1 aliphatic heterocycles. The van der Waals surface area contributed by atoms with Gasteiger partial charge in [-0.3, -0.25) is 14.4 Å². The van der Waals surface area contributed by atoms with Gasteiger partial charge in [0.1, 0.15) is 0 Å². The summed E-state index contributed by atoms with van der Waals surface area (Å²) in [5.74, 6) is -5.35. The van der Waals surface area contributed by atoms with Gasteiger partial charge >= 0.3 is 11.8 Å². The van der Waals surface area contributed by atoms with Crippen LogP contribution in [0.4, 0.5) is 30.7 Å². The van der Waals surface area contributed by atoms with Gasteiger partial charge in [0.05, 0.1) is 0 Å². The molecule has 0 bridgehead atoms. The number of fused-ring (bicyclic) bond motifs is 2. The summed E-state index contributed by atoms with van der Waals surface area (Å²) in [4.78, 5) is 36.4. The van der Waals surface area contributed by atoms with Gasteiger partial charge in [0.25, 0.3) is 0 Å². The molecule has 0 amide bonds. The highest BCUT2D eigenvalue weighted by Crippen LogP contribution is 2.52. The molecule has 8 rings (SSSR count).